The lowest BCUT2D eigenvalue weighted by Gasteiger charge is -2.14. The number of ether oxygens (including phenoxy) is 2. The standard InChI is InChI=1S/C15H17NO4/c1-4-10-16-14(17)11(3)20-13-8-6-12(7-9-13)15(18)19-5-2/h1,6-9,11H,5,10H2,2-3H3,(H,16,17). The Bertz CT molecular complexity index is 502. The number of carbonyl (C=O) groups excluding carboxylic acids is 2. The number of carbonyl (C=O) groups is 2. The molecule has 1 aromatic rings. The quantitative estimate of drug-likeness (QED) is 0.629. The number of esters is 1. The summed E-state index contributed by atoms with van der Waals surface area (Å²) in [5, 5.41) is 2.52. The van der Waals surface area contributed by atoms with Gasteiger partial charge in [0.05, 0.1) is 18.7 Å². The first-order chi connectivity index (χ1) is 9.58. The van der Waals surface area contributed by atoms with Gasteiger partial charge in [-0.1, -0.05) is 5.92 Å². The number of hydrogen-bond acceptors (Lipinski definition) is 4. The summed E-state index contributed by atoms with van der Waals surface area (Å²) in [5.41, 5.74) is 0.434. The number of nitrogens with one attached hydrogen (secondary N) is 1. The third-order valence-electron chi connectivity index (χ3n) is 2.41. The zero-order valence-electron chi connectivity index (χ0n) is 11.5. The second kappa shape index (κ2) is 7.85. The number of terminal acetylenes is 1. The monoisotopic (exact) mass is 275 g/mol. The minimum absolute atomic E-state index is 0.161. The van der Waals surface area contributed by atoms with E-state index in [9.17, 15) is 9.59 Å². The molecule has 1 amide bonds. The molecule has 0 spiro atoms. The fourth-order valence-electron chi connectivity index (χ4n) is 1.42. The molecular weight excluding hydrogens is 258 g/mol. The van der Waals surface area contributed by atoms with E-state index in [1.54, 1.807) is 38.1 Å². The van der Waals surface area contributed by atoms with E-state index in [0.717, 1.165) is 0 Å². The van der Waals surface area contributed by atoms with Gasteiger partial charge in [-0.3, -0.25) is 4.79 Å². The maximum Gasteiger partial charge on any atom is 0.338 e. The average molecular weight is 275 g/mol. The van der Waals surface area contributed by atoms with Gasteiger partial charge in [-0.25, -0.2) is 4.79 Å². The van der Waals surface area contributed by atoms with Crippen molar-refractivity contribution in [1.82, 2.24) is 5.32 Å². The van der Waals surface area contributed by atoms with Crippen molar-refractivity contribution < 1.29 is 19.1 Å². The molecule has 0 heterocycles. The summed E-state index contributed by atoms with van der Waals surface area (Å²) >= 11 is 0. The highest BCUT2D eigenvalue weighted by atomic mass is 16.5. The van der Waals surface area contributed by atoms with Crippen molar-refractivity contribution in [1.29, 1.82) is 0 Å². The van der Waals surface area contributed by atoms with Crippen LogP contribution in [0.2, 0.25) is 0 Å². The molecule has 0 aliphatic rings. The SMILES string of the molecule is C#CCNC(=O)C(C)Oc1ccc(C(=O)OCC)cc1. The zero-order valence-corrected chi connectivity index (χ0v) is 11.5. The maximum absolute atomic E-state index is 11.6. The molecule has 5 heteroatoms. The van der Waals surface area contributed by atoms with Crippen molar-refractivity contribution in [2.75, 3.05) is 13.2 Å². The van der Waals surface area contributed by atoms with Crippen LogP contribution in [0, 0.1) is 12.3 Å². The highest BCUT2D eigenvalue weighted by Crippen LogP contribution is 2.14. The summed E-state index contributed by atoms with van der Waals surface area (Å²) in [6, 6.07) is 6.38. The Labute approximate surface area is 118 Å². The molecule has 20 heavy (non-hydrogen) atoms. The molecule has 0 aromatic heterocycles. The third kappa shape index (κ3) is 4.65. The van der Waals surface area contributed by atoms with E-state index in [1.807, 2.05) is 0 Å². The van der Waals surface area contributed by atoms with Gasteiger partial charge < -0.3 is 14.8 Å². The molecule has 0 radical (unpaired) electrons. The predicted molar refractivity (Wildman–Crippen MR) is 74.3 cm³/mol. The molecule has 0 aliphatic carbocycles. The summed E-state index contributed by atoms with van der Waals surface area (Å²) in [7, 11) is 0. The molecule has 0 bridgehead atoms. The van der Waals surface area contributed by atoms with E-state index in [0.29, 0.717) is 17.9 Å². The molecule has 0 aliphatic heterocycles. The molecule has 106 valence electrons. The van der Waals surface area contributed by atoms with Crippen LogP contribution >= 0.6 is 0 Å². The first-order valence-electron chi connectivity index (χ1n) is 6.23. The van der Waals surface area contributed by atoms with Crippen LogP contribution in [-0.4, -0.2) is 31.1 Å². The van der Waals surface area contributed by atoms with Crippen molar-refractivity contribution in [3.05, 3.63) is 29.8 Å². The Morgan fingerprint density at radius 1 is 1.35 bits per heavy atom. The van der Waals surface area contributed by atoms with Gasteiger partial charge in [-0.15, -0.1) is 6.42 Å². The lowest BCUT2D eigenvalue weighted by Crippen LogP contribution is -2.36. The van der Waals surface area contributed by atoms with Crippen molar-refractivity contribution in [3.8, 4) is 18.1 Å². The van der Waals surface area contributed by atoms with Crippen LogP contribution in [0.5, 0.6) is 5.75 Å². The van der Waals surface area contributed by atoms with Crippen LogP contribution in [0.25, 0.3) is 0 Å². The van der Waals surface area contributed by atoms with Crippen molar-refractivity contribution in [2.24, 2.45) is 0 Å². The Morgan fingerprint density at radius 2 is 2.00 bits per heavy atom. The molecule has 5 nitrogen and oxygen atoms in total. The van der Waals surface area contributed by atoms with Crippen LogP contribution < -0.4 is 10.1 Å². The fourth-order valence-corrected chi connectivity index (χ4v) is 1.42. The van der Waals surface area contributed by atoms with Crippen LogP contribution in [0.4, 0.5) is 0 Å². The molecule has 0 saturated carbocycles. The summed E-state index contributed by atoms with van der Waals surface area (Å²) in [6.07, 6.45) is 4.38. The van der Waals surface area contributed by atoms with Crippen molar-refractivity contribution >= 4 is 11.9 Å². The van der Waals surface area contributed by atoms with Gasteiger partial charge in [0.2, 0.25) is 0 Å². The molecule has 1 rings (SSSR count). The second-order valence-electron chi connectivity index (χ2n) is 3.93. The highest BCUT2D eigenvalue weighted by molar-refractivity contribution is 5.89. The predicted octanol–water partition coefficient (Wildman–Crippen LogP) is 1.38. The van der Waals surface area contributed by atoms with Crippen LogP contribution in [-0.2, 0) is 9.53 Å². The summed E-state index contributed by atoms with van der Waals surface area (Å²) in [4.78, 5) is 23.0. The van der Waals surface area contributed by atoms with Gasteiger partial charge in [0.15, 0.2) is 6.10 Å². The topological polar surface area (TPSA) is 64.6 Å². The van der Waals surface area contributed by atoms with Crippen LogP contribution in [0.15, 0.2) is 24.3 Å². The number of benzene rings is 1. The number of rotatable bonds is 6. The van der Waals surface area contributed by atoms with Gasteiger partial charge in [0, 0.05) is 0 Å². The van der Waals surface area contributed by atoms with Crippen LogP contribution in [0.1, 0.15) is 24.2 Å². The van der Waals surface area contributed by atoms with E-state index in [-0.39, 0.29) is 18.4 Å². The van der Waals surface area contributed by atoms with Crippen LogP contribution in [0.3, 0.4) is 0 Å². The molecule has 0 fully saturated rings. The molecule has 1 N–H and O–H groups in total. The smallest absolute Gasteiger partial charge is 0.338 e. The zero-order chi connectivity index (χ0) is 15.0. The van der Waals surface area contributed by atoms with E-state index in [2.05, 4.69) is 11.2 Å². The number of amides is 1. The molecular formula is C15H17NO4. The largest absolute Gasteiger partial charge is 0.481 e. The normalized spacial score (nSPS) is 11.1. The lowest BCUT2D eigenvalue weighted by atomic mass is 10.2. The fraction of sp³-hybridized carbons (Fsp3) is 0.333. The Balaban J connectivity index is 2.59. The van der Waals surface area contributed by atoms with Gasteiger partial charge in [-0.05, 0) is 38.1 Å². The Kier molecular flexibility index (Phi) is 6.11. The Hall–Kier alpha value is -2.48. The summed E-state index contributed by atoms with van der Waals surface area (Å²) in [5.74, 6) is 2.11. The minimum atomic E-state index is -0.670. The molecule has 1 aromatic carbocycles. The lowest BCUT2D eigenvalue weighted by molar-refractivity contribution is -0.127. The minimum Gasteiger partial charge on any atom is -0.481 e. The second-order valence-corrected chi connectivity index (χ2v) is 3.93. The van der Waals surface area contributed by atoms with Gasteiger partial charge >= 0.3 is 5.97 Å². The summed E-state index contributed by atoms with van der Waals surface area (Å²) in [6.45, 7) is 3.84. The maximum atomic E-state index is 11.6. The molecule has 1 atom stereocenters. The van der Waals surface area contributed by atoms with Gasteiger partial charge in [0.25, 0.3) is 5.91 Å². The third-order valence-corrected chi connectivity index (χ3v) is 2.41. The van der Waals surface area contributed by atoms with E-state index < -0.39 is 6.10 Å². The van der Waals surface area contributed by atoms with Crippen molar-refractivity contribution in [3.63, 3.8) is 0 Å². The van der Waals surface area contributed by atoms with Gasteiger partial charge in [0.1, 0.15) is 5.75 Å². The van der Waals surface area contributed by atoms with E-state index in [4.69, 9.17) is 15.9 Å². The first kappa shape index (κ1) is 15.6. The summed E-state index contributed by atoms with van der Waals surface area (Å²) < 4.78 is 10.3. The highest BCUT2D eigenvalue weighted by Gasteiger charge is 2.14. The van der Waals surface area contributed by atoms with E-state index >= 15 is 0 Å². The Morgan fingerprint density at radius 3 is 2.55 bits per heavy atom. The average Bonchev–Trinajstić information content (AvgIpc) is 2.45. The van der Waals surface area contributed by atoms with Gasteiger partial charge in [-0.2, -0.15) is 0 Å². The van der Waals surface area contributed by atoms with Crippen molar-refractivity contribution in [2.45, 2.75) is 20.0 Å². The molecule has 0 saturated heterocycles. The first-order valence-corrected chi connectivity index (χ1v) is 6.23. The molecule has 1 unspecified atom stereocenters. The number of hydrogen-bond donors (Lipinski definition) is 1. The van der Waals surface area contributed by atoms with E-state index in [1.165, 1.54) is 0 Å².